The molecule has 3 N–H and O–H groups in total. The Balaban J connectivity index is 2.01. The van der Waals surface area contributed by atoms with E-state index < -0.39 is 53.6 Å². The molecule has 2 aliphatic rings. The van der Waals surface area contributed by atoms with E-state index in [9.17, 15) is 23.5 Å². The van der Waals surface area contributed by atoms with E-state index in [1.807, 2.05) is 0 Å². The smallest absolute Gasteiger partial charge is 0.341 e. The zero-order chi connectivity index (χ0) is 21.0. The molecule has 7 nitrogen and oxygen atoms in total. The molecule has 0 spiro atoms. The summed E-state index contributed by atoms with van der Waals surface area (Å²) in [6.45, 7) is -0.323. The molecule has 156 valence electrons. The lowest BCUT2D eigenvalue weighted by Crippen LogP contribution is -2.30. The number of rotatable bonds is 5. The number of fused-ring (bicyclic) bond motifs is 1. The maximum absolute atomic E-state index is 15.1. The molecule has 10 heteroatoms. The Labute approximate surface area is 163 Å². The topological polar surface area (TPSA) is 97.8 Å². The lowest BCUT2D eigenvalue weighted by atomic mass is 10.1. The number of methoxy groups -OCH3 is 1. The second-order valence-electron chi connectivity index (χ2n) is 7.52. The molecule has 4 rings (SSSR count). The maximum atomic E-state index is 15.1. The van der Waals surface area contributed by atoms with Gasteiger partial charge in [-0.05, 0) is 6.07 Å². The number of carboxylic acid groups (broad SMARTS) is 1. The predicted molar refractivity (Wildman–Crippen MR) is 99.9 cm³/mol. The van der Waals surface area contributed by atoms with E-state index in [2.05, 4.69) is 0 Å². The van der Waals surface area contributed by atoms with Crippen molar-refractivity contribution in [2.75, 3.05) is 31.8 Å². The van der Waals surface area contributed by atoms with Crippen molar-refractivity contribution in [1.82, 2.24) is 4.57 Å². The van der Waals surface area contributed by atoms with Crippen molar-refractivity contribution < 1.29 is 27.8 Å². The molecule has 1 saturated carbocycles. The van der Waals surface area contributed by atoms with Gasteiger partial charge < -0.3 is 25.0 Å². The van der Waals surface area contributed by atoms with Crippen molar-refractivity contribution in [2.24, 2.45) is 11.7 Å². The summed E-state index contributed by atoms with van der Waals surface area (Å²) in [6, 6.07) is -0.250. The number of pyridine rings is 1. The molecule has 29 heavy (non-hydrogen) atoms. The van der Waals surface area contributed by atoms with Gasteiger partial charge in [-0.15, -0.1) is 0 Å². The van der Waals surface area contributed by atoms with Crippen molar-refractivity contribution in [2.45, 2.75) is 24.7 Å². The summed E-state index contributed by atoms with van der Waals surface area (Å²) in [7, 11) is 1.28. The fourth-order valence-electron chi connectivity index (χ4n) is 4.03. The van der Waals surface area contributed by atoms with Crippen LogP contribution in [0.15, 0.2) is 17.1 Å². The van der Waals surface area contributed by atoms with Gasteiger partial charge in [-0.3, -0.25) is 9.18 Å². The van der Waals surface area contributed by atoms with Crippen molar-refractivity contribution >= 4 is 22.6 Å². The van der Waals surface area contributed by atoms with Crippen LogP contribution in [0, 0.1) is 11.7 Å². The van der Waals surface area contributed by atoms with Crippen LogP contribution in [0.3, 0.4) is 0 Å². The van der Waals surface area contributed by atoms with Gasteiger partial charge in [0.1, 0.15) is 17.4 Å². The number of anilines is 1. The van der Waals surface area contributed by atoms with Crippen LogP contribution < -0.4 is 20.8 Å². The predicted octanol–water partition coefficient (Wildman–Crippen LogP) is 1.86. The van der Waals surface area contributed by atoms with Crippen molar-refractivity contribution in [1.29, 1.82) is 0 Å². The molecule has 2 heterocycles. The molecule has 1 aromatic heterocycles. The number of nitrogens with zero attached hydrogens (tertiary/aromatic N) is 2. The summed E-state index contributed by atoms with van der Waals surface area (Å²) in [4.78, 5) is 25.7. The molecule has 0 amide bonds. The standard InChI is InChI=1S/C19H20F3N3O4/c1-29-18-15-9(2-12(22)16(18)24-5-8(4-20)13(23)7-24)17(26)10(19(27)28)6-25(15)14-3-11(14)21/h2,6,8,11,13-14H,3-5,7,23H2,1H3,(H,27,28)/t8-,11-,13+,14?/m0/s1. The van der Waals surface area contributed by atoms with Crippen molar-refractivity contribution in [3.05, 3.63) is 33.9 Å². The molecular formula is C19H20F3N3O4. The van der Waals surface area contributed by atoms with Crippen molar-refractivity contribution in [3.63, 3.8) is 0 Å². The molecule has 1 aromatic carbocycles. The van der Waals surface area contributed by atoms with Gasteiger partial charge >= 0.3 is 5.97 Å². The first-order chi connectivity index (χ1) is 13.8. The van der Waals surface area contributed by atoms with Crippen molar-refractivity contribution in [3.8, 4) is 5.75 Å². The highest BCUT2D eigenvalue weighted by Gasteiger charge is 2.42. The van der Waals surface area contributed by atoms with Gasteiger partial charge in [-0.1, -0.05) is 0 Å². The van der Waals surface area contributed by atoms with Crippen LogP contribution in [0.4, 0.5) is 18.9 Å². The number of carboxylic acids is 1. The lowest BCUT2D eigenvalue weighted by molar-refractivity contribution is 0.0694. The summed E-state index contributed by atoms with van der Waals surface area (Å²) >= 11 is 0. The normalized spacial score (nSPS) is 26.2. The average Bonchev–Trinajstić information content (AvgIpc) is 3.28. The number of nitrogens with two attached hydrogens (primary N) is 1. The highest BCUT2D eigenvalue weighted by molar-refractivity contribution is 5.97. The number of benzene rings is 1. The van der Waals surface area contributed by atoms with E-state index in [4.69, 9.17) is 10.5 Å². The second-order valence-corrected chi connectivity index (χ2v) is 7.52. The van der Waals surface area contributed by atoms with Crippen LogP contribution in [0.5, 0.6) is 5.75 Å². The Morgan fingerprint density at radius 3 is 2.62 bits per heavy atom. The van der Waals surface area contributed by atoms with Gasteiger partial charge in [0.05, 0.1) is 30.7 Å². The van der Waals surface area contributed by atoms with E-state index >= 15 is 4.39 Å². The van der Waals surface area contributed by atoms with Crippen LogP contribution in [-0.4, -0.2) is 54.7 Å². The molecule has 0 radical (unpaired) electrons. The molecular weight excluding hydrogens is 391 g/mol. The number of ether oxygens (including phenoxy) is 1. The first kappa shape index (κ1) is 19.6. The fourth-order valence-corrected chi connectivity index (χ4v) is 4.03. The number of carbonyl (C=O) groups is 1. The number of hydrogen-bond donors (Lipinski definition) is 2. The number of aromatic nitrogens is 1. The zero-order valence-corrected chi connectivity index (χ0v) is 15.6. The molecule has 2 aromatic rings. The summed E-state index contributed by atoms with van der Waals surface area (Å²) < 4.78 is 48.9. The van der Waals surface area contributed by atoms with Gasteiger partial charge in [0.25, 0.3) is 0 Å². The number of alkyl halides is 2. The fraction of sp³-hybridized carbons (Fsp3) is 0.474. The van der Waals surface area contributed by atoms with E-state index in [0.717, 1.165) is 12.3 Å². The third-order valence-electron chi connectivity index (χ3n) is 5.68. The minimum Gasteiger partial charge on any atom is -0.492 e. The molecule has 1 aliphatic carbocycles. The third kappa shape index (κ3) is 3.02. The third-order valence-corrected chi connectivity index (χ3v) is 5.68. The summed E-state index contributed by atoms with van der Waals surface area (Å²) in [5.41, 5.74) is 4.59. The van der Waals surface area contributed by atoms with Crippen LogP contribution in [0.1, 0.15) is 22.8 Å². The van der Waals surface area contributed by atoms with Gasteiger partial charge in [0, 0.05) is 37.7 Å². The second kappa shape index (κ2) is 6.94. The molecule has 4 atom stereocenters. The van der Waals surface area contributed by atoms with Gasteiger partial charge in [-0.2, -0.15) is 0 Å². The monoisotopic (exact) mass is 411 g/mol. The largest absolute Gasteiger partial charge is 0.492 e. The Morgan fingerprint density at radius 2 is 2.10 bits per heavy atom. The summed E-state index contributed by atoms with van der Waals surface area (Å²) in [6.07, 6.45) is 0.00382. The minimum atomic E-state index is -1.48. The molecule has 0 bridgehead atoms. The first-order valence-corrected chi connectivity index (χ1v) is 9.17. The van der Waals surface area contributed by atoms with E-state index in [1.54, 1.807) is 4.90 Å². The van der Waals surface area contributed by atoms with E-state index in [1.165, 1.54) is 11.7 Å². The van der Waals surface area contributed by atoms with Crippen LogP contribution in [-0.2, 0) is 0 Å². The lowest BCUT2D eigenvalue weighted by Gasteiger charge is -2.24. The summed E-state index contributed by atoms with van der Waals surface area (Å²) in [5, 5.41) is 9.12. The summed E-state index contributed by atoms with van der Waals surface area (Å²) in [5.74, 6) is -2.81. The van der Waals surface area contributed by atoms with E-state index in [0.29, 0.717) is 0 Å². The number of halogens is 3. The van der Waals surface area contributed by atoms with Crippen LogP contribution in [0.2, 0.25) is 0 Å². The average molecular weight is 411 g/mol. The van der Waals surface area contributed by atoms with Gasteiger partial charge in [0.15, 0.2) is 11.6 Å². The first-order valence-electron chi connectivity index (χ1n) is 9.17. The molecule has 1 saturated heterocycles. The minimum absolute atomic E-state index is 0.00122. The Bertz CT molecular complexity index is 1060. The number of hydrogen-bond acceptors (Lipinski definition) is 5. The Morgan fingerprint density at radius 1 is 1.41 bits per heavy atom. The quantitative estimate of drug-likeness (QED) is 0.780. The number of aromatic carboxylic acids is 1. The van der Waals surface area contributed by atoms with Crippen LogP contribution >= 0.6 is 0 Å². The Hall–Kier alpha value is -2.75. The molecule has 1 unspecified atom stereocenters. The SMILES string of the molecule is COc1c(N2C[C@H](CF)[C@H](N)C2)c(F)cc2c(=O)c(C(=O)O)cn(C3C[C@@H]3F)c12. The van der Waals surface area contributed by atoms with Gasteiger partial charge in [0.2, 0.25) is 5.43 Å². The van der Waals surface area contributed by atoms with E-state index in [-0.39, 0.29) is 41.9 Å². The van der Waals surface area contributed by atoms with Gasteiger partial charge in [-0.25, -0.2) is 13.6 Å². The highest BCUT2D eigenvalue weighted by atomic mass is 19.1. The van der Waals surface area contributed by atoms with Crippen LogP contribution in [0.25, 0.3) is 10.9 Å². The highest BCUT2D eigenvalue weighted by Crippen LogP contribution is 2.45. The molecule has 1 aliphatic heterocycles. The zero-order valence-electron chi connectivity index (χ0n) is 15.6. The maximum Gasteiger partial charge on any atom is 0.341 e. The Kier molecular flexibility index (Phi) is 4.68. The molecule has 2 fully saturated rings.